The van der Waals surface area contributed by atoms with Crippen LogP contribution in [-0.2, 0) is 0 Å². The molecule has 0 heterocycles. The van der Waals surface area contributed by atoms with Gasteiger partial charge in [-0.15, -0.1) is 0 Å². The van der Waals surface area contributed by atoms with Gasteiger partial charge in [-0.05, 0) is 49.5 Å². The summed E-state index contributed by atoms with van der Waals surface area (Å²) < 4.78 is 0. The van der Waals surface area contributed by atoms with Crippen LogP contribution in [0.5, 0.6) is 0 Å². The number of nitrogens with two attached hydrogens (primary N) is 1. The number of hydrogen-bond donors (Lipinski definition) is 2. The van der Waals surface area contributed by atoms with Crippen LogP contribution in [0, 0.1) is 11.8 Å². The Kier molecular flexibility index (Phi) is 5.00. The molecule has 0 radical (unpaired) electrons. The normalized spacial score (nSPS) is 32.3. The van der Waals surface area contributed by atoms with Crippen LogP contribution in [0.15, 0.2) is 35.9 Å². The lowest BCUT2D eigenvalue weighted by molar-refractivity contribution is 0.338. The topological polar surface area (TPSA) is 38.0 Å². The minimum absolute atomic E-state index is 0.442. The summed E-state index contributed by atoms with van der Waals surface area (Å²) in [4.78, 5) is 0. The summed E-state index contributed by atoms with van der Waals surface area (Å²) in [6.07, 6.45) is 8.60. The summed E-state index contributed by atoms with van der Waals surface area (Å²) in [5.41, 5.74) is 8.95. The third-order valence-electron chi connectivity index (χ3n) is 5.24. The van der Waals surface area contributed by atoms with Crippen LogP contribution in [0.3, 0.4) is 0 Å². The summed E-state index contributed by atoms with van der Waals surface area (Å²) in [5.74, 6) is 1.35. The van der Waals surface area contributed by atoms with E-state index in [0.717, 1.165) is 5.92 Å². The van der Waals surface area contributed by atoms with Crippen LogP contribution >= 0.6 is 0 Å². The molecule has 2 atom stereocenters. The van der Waals surface area contributed by atoms with E-state index in [1.165, 1.54) is 37.7 Å². The molecular formula is C20H30N2. The molecule has 2 nitrogen and oxygen atoms in total. The molecule has 1 aromatic carbocycles. The molecule has 0 aromatic heterocycles. The molecule has 3 rings (SSSR count). The second kappa shape index (κ2) is 6.97. The standard InChI is InChI=1S/C20H30N2/c1-14(2)18(12-15-6-4-3-5-7-15)19-13-20(19)22-17-10-8-16(21)9-11-17/h3-7,12,14,16-17,19-20,22H,8-11,13,21H2,1-2H3/b18-12+/t16?,17?,19-,20+/m1/s1. The van der Waals surface area contributed by atoms with Crippen molar-refractivity contribution in [2.24, 2.45) is 17.6 Å². The van der Waals surface area contributed by atoms with Crippen molar-refractivity contribution in [3.63, 3.8) is 0 Å². The van der Waals surface area contributed by atoms with Gasteiger partial charge in [0.05, 0.1) is 0 Å². The summed E-state index contributed by atoms with van der Waals surface area (Å²) in [6, 6.07) is 12.6. The van der Waals surface area contributed by atoms with Crippen molar-refractivity contribution < 1.29 is 0 Å². The quantitative estimate of drug-likeness (QED) is 0.863. The van der Waals surface area contributed by atoms with E-state index in [4.69, 9.17) is 5.73 Å². The van der Waals surface area contributed by atoms with Crippen molar-refractivity contribution in [1.29, 1.82) is 0 Å². The van der Waals surface area contributed by atoms with Gasteiger partial charge in [-0.3, -0.25) is 0 Å². The lowest BCUT2D eigenvalue weighted by Crippen LogP contribution is -2.39. The third-order valence-corrected chi connectivity index (χ3v) is 5.24. The molecule has 2 aliphatic rings. The Morgan fingerprint density at radius 2 is 1.82 bits per heavy atom. The Balaban J connectivity index is 1.59. The summed E-state index contributed by atoms with van der Waals surface area (Å²) in [5, 5.41) is 3.89. The Morgan fingerprint density at radius 1 is 1.14 bits per heavy atom. The Morgan fingerprint density at radius 3 is 2.45 bits per heavy atom. The Labute approximate surface area is 135 Å². The van der Waals surface area contributed by atoms with E-state index in [9.17, 15) is 0 Å². The lowest BCUT2D eigenvalue weighted by Gasteiger charge is -2.27. The summed E-state index contributed by atoms with van der Waals surface area (Å²) in [6.45, 7) is 4.65. The van der Waals surface area contributed by atoms with E-state index in [2.05, 4.69) is 55.6 Å². The zero-order valence-electron chi connectivity index (χ0n) is 14.0. The minimum atomic E-state index is 0.442. The molecule has 0 spiro atoms. The lowest BCUT2D eigenvalue weighted by atomic mass is 9.91. The molecule has 120 valence electrons. The molecule has 0 amide bonds. The average molecular weight is 298 g/mol. The minimum Gasteiger partial charge on any atom is -0.328 e. The first kappa shape index (κ1) is 15.8. The molecule has 2 fully saturated rings. The first-order valence-electron chi connectivity index (χ1n) is 8.91. The van der Waals surface area contributed by atoms with Crippen molar-refractivity contribution in [2.45, 2.75) is 64.1 Å². The fourth-order valence-electron chi connectivity index (χ4n) is 3.78. The maximum atomic E-state index is 6.01. The van der Waals surface area contributed by atoms with Crippen LogP contribution in [0.25, 0.3) is 6.08 Å². The molecule has 3 N–H and O–H groups in total. The fourth-order valence-corrected chi connectivity index (χ4v) is 3.78. The Bertz CT molecular complexity index is 498. The number of hydrogen-bond acceptors (Lipinski definition) is 2. The second-order valence-corrected chi connectivity index (χ2v) is 7.44. The van der Waals surface area contributed by atoms with Crippen molar-refractivity contribution in [1.82, 2.24) is 5.32 Å². The number of nitrogens with one attached hydrogen (secondary N) is 1. The van der Waals surface area contributed by atoms with Crippen LogP contribution in [-0.4, -0.2) is 18.1 Å². The van der Waals surface area contributed by atoms with Gasteiger partial charge < -0.3 is 11.1 Å². The molecular weight excluding hydrogens is 268 g/mol. The monoisotopic (exact) mass is 298 g/mol. The van der Waals surface area contributed by atoms with E-state index < -0.39 is 0 Å². The zero-order valence-corrected chi connectivity index (χ0v) is 14.0. The number of rotatable bonds is 5. The van der Waals surface area contributed by atoms with E-state index >= 15 is 0 Å². The largest absolute Gasteiger partial charge is 0.328 e. The second-order valence-electron chi connectivity index (χ2n) is 7.44. The number of benzene rings is 1. The molecule has 2 aliphatic carbocycles. The fraction of sp³-hybridized carbons (Fsp3) is 0.600. The van der Waals surface area contributed by atoms with Crippen molar-refractivity contribution in [3.8, 4) is 0 Å². The highest BCUT2D eigenvalue weighted by atomic mass is 15.0. The molecule has 0 bridgehead atoms. The maximum Gasteiger partial charge on any atom is 0.0142 e. The van der Waals surface area contributed by atoms with Crippen LogP contribution in [0.1, 0.15) is 51.5 Å². The SMILES string of the molecule is CC(C)/C(=C\c1ccccc1)[C@H]1C[C@@H]1NC1CCC(N)CC1. The van der Waals surface area contributed by atoms with Gasteiger partial charge in [0.25, 0.3) is 0 Å². The van der Waals surface area contributed by atoms with Gasteiger partial charge in [0.15, 0.2) is 0 Å². The van der Waals surface area contributed by atoms with Crippen LogP contribution in [0.2, 0.25) is 0 Å². The molecule has 1 aromatic rings. The van der Waals surface area contributed by atoms with Gasteiger partial charge in [-0.25, -0.2) is 0 Å². The molecule has 22 heavy (non-hydrogen) atoms. The smallest absolute Gasteiger partial charge is 0.0142 e. The first-order valence-corrected chi connectivity index (χ1v) is 8.91. The first-order chi connectivity index (χ1) is 10.6. The van der Waals surface area contributed by atoms with Gasteiger partial charge in [0.1, 0.15) is 0 Å². The van der Waals surface area contributed by atoms with Gasteiger partial charge in [0, 0.05) is 18.1 Å². The van der Waals surface area contributed by atoms with Gasteiger partial charge in [0.2, 0.25) is 0 Å². The predicted octanol–water partition coefficient (Wildman–Crippen LogP) is 3.97. The highest BCUT2D eigenvalue weighted by Gasteiger charge is 2.41. The van der Waals surface area contributed by atoms with E-state index in [1.807, 2.05) is 0 Å². The van der Waals surface area contributed by atoms with Crippen LogP contribution in [0.4, 0.5) is 0 Å². The van der Waals surface area contributed by atoms with Gasteiger partial charge in [-0.2, -0.15) is 0 Å². The summed E-state index contributed by atoms with van der Waals surface area (Å²) >= 11 is 0. The Hall–Kier alpha value is -1.12. The maximum absolute atomic E-state index is 6.01. The molecule has 0 aliphatic heterocycles. The van der Waals surface area contributed by atoms with Crippen molar-refractivity contribution in [2.75, 3.05) is 0 Å². The van der Waals surface area contributed by atoms with E-state index in [0.29, 0.717) is 24.0 Å². The molecule has 0 unspecified atom stereocenters. The van der Waals surface area contributed by atoms with Crippen LogP contribution < -0.4 is 11.1 Å². The van der Waals surface area contributed by atoms with Crippen molar-refractivity contribution in [3.05, 3.63) is 41.5 Å². The zero-order chi connectivity index (χ0) is 15.5. The van der Waals surface area contributed by atoms with Crippen molar-refractivity contribution >= 4 is 6.08 Å². The third kappa shape index (κ3) is 3.99. The highest BCUT2D eigenvalue weighted by molar-refractivity contribution is 5.55. The molecule has 2 heteroatoms. The highest BCUT2D eigenvalue weighted by Crippen LogP contribution is 2.42. The predicted molar refractivity (Wildman–Crippen MR) is 94.5 cm³/mol. The van der Waals surface area contributed by atoms with Gasteiger partial charge in [-0.1, -0.05) is 55.8 Å². The van der Waals surface area contributed by atoms with Gasteiger partial charge >= 0.3 is 0 Å². The molecule has 2 saturated carbocycles. The van der Waals surface area contributed by atoms with E-state index in [-0.39, 0.29) is 0 Å². The van der Waals surface area contributed by atoms with E-state index in [1.54, 1.807) is 5.57 Å². The molecule has 0 saturated heterocycles. The summed E-state index contributed by atoms with van der Waals surface area (Å²) in [7, 11) is 0. The average Bonchev–Trinajstić information content (AvgIpc) is 3.27.